The third-order valence-electron chi connectivity index (χ3n) is 3.74. The monoisotopic (exact) mass is 170 g/mol. The predicted octanol–water partition coefficient (Wildman–Crippen LogP) is 2.97. The van der Waals surface area contributed by atoms with Crippen molar-refractivity contribution < 1.29 is 5.11 Å². The van der Waals surface area contributed by atoms with Crippen LogP contribution in [0.1, 0.15) is 53.4 Å². The lowest BCUT2D eigenvalue weighted by Gasteiger charge is -2.49. The average Bonchev–Trinajstić information content (AvgIpc) is 1.95. The summed E-state index contributed by atoms with van der Waals surface area (Å²) in [7, 11) is 0. The molecule has 0 spiro atoms. The van der Waals surface area contributed by atoms with Crippen LogP contribution in [0.4, 0.5) is 0 Å². The van der Waals surface area contributed by atoms with Crippen LogP contribution in [-0.4, -0.2) is 10.7 Å². The van der Waals surface area contributed by atoms with Crippen LogP contribution in [0.3, 0.4) is 0 Å². The van der Waals surface area contributed by atoms with Gasteiger partial charge in [-0.05, 0) is 24.2 Å². The highest BCUT2D eigenvalue weighted by atomic mass is 16.3. The van der Waals surface area contributed by atoms with E-state index in [9.17, 15) is 5.11 Å². The first kappa shape index (κ1) is 10.0. The molecule has 0 aromatic carbocycles. The molecule has 1 unspecified atom stereocenters. The van der Waals surface area contributed by atoms with Crippen LogP contribution in [0.25, 0.3) is 0 Å². The van der Waals surface area contributed by atoms with E-state index >= 15 is 0 Å². The number of aliphatic hydroxyl groups is 1. The molecule has 1 N–H and O–H groups in total. The second-order valence-corrected chi connectivity index (χ2v) is 5.17. The SMILES string of the molecule is CC(C)C1(O)CCCCC1(C)C. The molecule has 1 nitrogen and oxygen atoms in total. The first-order valence-corrected chi connectivity index (χ1v) is 5.12. The van der Waals surface area contributed by atoms with Crippen molar-refractivity contribution in [1.29, 1.82) is 0 Å². The van der Waals surface area contributed by atoms with E-state index in [-0.39, 0.29) is 5.41 Å². The summed E-state index contributed by atoms with van der Waals surface area (Å²) in [5.41, 5.74) is -0.315. The molecule has 0 radical (unpaired) electrons. The van der Waals surface area contributed by atoms with E-state index in [4.69, 9.17) is 0 Å². The minimum atomic E-state index is -0.425. The predicted molar refractivity (Wildman–Crippen MR) is 52.0 cm³/mol. The van der Waals surface area contributed by atoms with E-state index in [1.54, 1.807) is 0 Å². The molecule has 1 rings (SSSR count). The van der Waals surface area contributed by atoms with Gasteiger partial charge in [0.2, 0.25) is 0 Å². The van der Waals surface area contributed by atoms with Crippen molar-refractivity contribution in [3.63, 3.8) is 0 Å². The molecule has 1 fully saturated rings. The van der Waals surface area contributed by atoms with Crippen molar-refractivity contribution in [1.82, 2.24) is 0 Å². The van der Waals surface area contributed by atoms with Gasteiger partial charge in [0, 0.05) is 0 Å². The molecule has 0 bridgehead atoms. The lowest BCUT2D eigenvalue weighted by molar-refractivity contribution is -0.129. The van der Waals surface area contributed by atoms with E-state index < -0.39 is 5.60 Å². The Balaban J connectivity index is 2.84. The standard InChI is InChI=1S/C11H22O/c1-9(2)11(12)8-6-5-7-10(11,3)4/h9,12H,5-8H2,1-4H3. The molecule has 1 heteroatoms. The van der Waals surface area contributed by atoms with Gasteiger partial charge in [0.1, 0.15) is 0 Å². The molecule has 0 amide bonds. The van der Waals surface area contributed by atoms with Crippen LogP contribution in [0.15, 0.2) is 0 Å². The zero-order valence-corrected chi connectivity index (χ0v) is 8.85. The van der Waals surface area contributed by atoms with Crippen LogP contribution >= 0.6 is 0 Å². The Morgan fingerprint density at radius 3 is 1.92 bits per heavy atom. The Labute approximate surface area is 76.2 Å². The third kappa shape index (κ3) is 1.39. The van der Waals surface area contributed by atoms with E-state index in [2.05, 4.69) is 27.7 Å². The minimum Gasteiger partial charge on any atom is -0.389 e. The zero-order valence-electron chi connectivity index (χ0n) is 8.85. The van der Waals surface area contributed by atoms with Gasteiger partial charge in [0.25, 0.3) is 0 Å². The highest BCUT2D eigenvalue weighted by Crippen LogP contribution is 2.47. The van der Waals surface area contributed by atoms with E-state index in [0.717, 1.165) is 6.42 Å². The normalized spacial score (nSPS) is 35.5. The summed E-state index contributed by atoms with van der Waals surface area (Å²) in [5.74, 6) is 0.382. The Kier molecular flexibility index (Phi) is 2.53. The molecule has 12 heavy (non-hydrogen) atoms. The summed E-state index contributed by atoms with van der Waals surface area (Å²) < 4.78 is 0. The van der Waals surface area contributed by atoms with Gasteiger partial charge in [-0.3, -0.25) is 0 Å². The number of hydrogen-bond donors (Lipinski definition) is 1. The lowest BCUT2D eigenvalue weighted by Crippen LogP contribution is -2.50. The van der Waals surface area contributed by atoms with E-state index in [1.807, 2.05) is 0 Å². The summed E-state index contributed by atoms with van der Waals surface area (Å²) in [6.45, 7) is 8.67. The minimum absolute atomic E-state index is 0.111. The highest BCUT2D eigenvalue weighted by Gasteiger charge is 2.46. The molecule has 1 atom stereocenters. The summed E-state index contributed by atoms with van der Waals surface area (Å²) in [6.07, 6.45) is 4.62. The Morgan fingerprint density at radius 1 is 1.08 bits per heavy atom. The van der Waals surface area contributed by atoms with Crippen molar-refractivity contribution in [2.24, 2.45) is 11.3 Å². The fourth-order valence-electron chi connectivity index (χ4n) is 2.59. The van der Waals surface area contributed by atoms with Crippen LogP contribution < -0.4 is 0 Å². The van der Waals surface area contributed by atoms with Crippen LogP contribution in [0, 0.1) is 11.3 Å². The number of hydrogen-bond acceptors (Lipinski definition) is 1. The maximum atomic E-state index is 10.5. The summed E-state index contributed by atoms with van der Waals surface area (Å²) >= 11 is 0. The molecular weight excluding hydrogens is 148 g/mol. The quantitative estimate of drug-likeness (QED) is 0.641. The van der Waals surface area contributed by atoms with Crippen LogP contribution in [0.5, 0.6) is 0 Å². The van der Waals surface area contributed by atoms with Gasteiger partial charge in [0.15, 0.2) is 0 Å². The molecular formula is C11H22O. The van der Waals surface area contributed by atoms with Gasteiger partial charge in [-0.2, -0.15) is 0 Å². The molecule has 1 aliphatic rings. The molecule has 0 aliphatic heterocycles. The highest BCUT2D eigenvalue weighted by molar-refractivity contribution is 4.98. The lowest BCUT2D eigenvalue weighted by atomic mass is 9.61. The molecule has 0 aromatic rings. The zero-order chi connectivity index (χ0) is 9.41. The Hall–Kier alpha value is -0.0400. The molecule has 0 saturated heterocycles. The second-order valence-electron chi connectivity index (χ2n) is 5.17. The smallest absolute Gasteiger partial charge is 0.0721 e. The third-order valence-corrected chi connectivity index (χ3v) is 3.74. The molecule has 0 heterocycles. The summed E-state index contributed by atoms with van der Waals surface area (Å²) in [6, 6.07) is 0. The van der Waals surface area contributed by atoms with E-state index in [1.165, 1.54) is 19.3 Å². The summed E-state index contributed by atoms with van der Waals surface area (Å²) in [5, 5.41) is 10.5. The van der Waals surface area contributed by atoms with Gasteiger partial charge in [-0.15, -0.1) is 0 Å². The largest absolute Gasteiger partial charge is 0.389 e. The Morgan fingerprint density at radius 2 is 1.58 bits per heavy atom. The van der Waals surface area contributed by atoms with Crippen molar-refractivity contribution in [2.45, 2.75) is 59.0 Å². The van der Waals surface area contributed by atoms with Crippen molar-refractivity contribution in [2.75, 3.05) is 0 Å². The van der Waals surface area contributed by atoms with Crippen molar-refractivity contribution in [3.8, 4) is 0 Å². The maximum Gasteiger partial charge on any atom is 0.0721 e. The van der Waals surface area contributed by atoms with Gasteiger partial charge in [-0.25, -0.2) is 0 Å². The topological polar surface area (TPSA) is 20.2 Å². The van der Waals surface area contributed by atoms with Crippen LogP contribution in [-0.2, 0) is 0 Å². The first-order chi connectivity index (χ1) is 5.40. The Bertz CT molecular complexity index is 160. The fourth-order valence-corrected chi connectivity index (χ4v) is 2.59. The molecule has 72 valence electrons. The van der Waals surface area contributed by atoms with Gasteiger partial charge in [0.05, 0.1) is 5.60 Å². The molecule has 1 aliphatic carbocycles. The van der Waals surface area contributed by atoms with E-state index in [0.29, 0.717) is 5.92 Å². The number of rotatable bonds is 1. The first-order valence-electron chi connectivity index (χ1n) is 5.12. The maximum absolute atomic E-state index is 10.5. The van der Waals surface area contributed by atoms with Gasteiger partial charge < -0.3 is 5.11 Å². The summed E-state index contributed by atoms with van der Waals surface area (Å²) in [4.78, 5) is 0. The van der Waals surface area contributed by atoms with Crippen molar-refractivity contribution in [3.05, 3.63) is 0 Å². The second kappa shape index (κ2) is 3.02. The average molecular weight is 170 g/mol. The van der Waals surface area contributed by atoms with Gasteiger partial charge in [-0.1, -0.05) is 40.5 Å². The molecule has 0 aromatic heterocycles. The fraction of sp³-hybridized carbons (Fsp3) is 1.00. The van der Waals surface area contributed by atoms with Crippen molar-refractivity contribution >= 4 is 0 Å². The van der Waals surface area contributed by atoms with Gasteiger partial charge >= 0.3 is 0 Å². The van der Waals surface area contributed by atoms with Crippen LogP contribution in [0.2, 0.25) is 0 Å². The molecule has 1 saturated carbocycles.